The molecule has 0 atom stereocenters. The Morgan fingerprint density at radius 1 is 1.36 bits per heavy atom. The van der Waals surface area contributed by atoms with Gasteiger partial charge in [0.25, 0.3) is 5.91 Å². The number of hydrogen-bond acceptors (Lipinski definition) is 8. The first-order valence-electron chi connectivity index (χ1n) is 8.39. The van der Waals surface area contributed by atoms with E-state index in [0.29, 0.717) is 33.9 Å². The first kappa shape index (κ1) is 22.5. The van der Waals surface area contributed by atoms with E-state index in [9.17, 15) is 9.59 Å². The monoisotopic (exact) mass is 444 g/mol. The van der Waals surface area contributed by atoms with Crippen LogP contribution in [0.25, 0.3) is 6.08 Å². The van der Waals surface area contributed by atoms with Crippen molar-refractivity contribution in [3.63, 3.8) is 0 Å². The summed E-state index contributed by atoms with van der Waals surface area (Å²) >= 11 is 6.51. The van der Waals surface area contributed by atoms with Crippen molar-refractivity contribution < 1.29 is 23.8 Å². The Hall–Kier alpha value is -1.81. The molecule has 0 spiro atoms. The second kappa shape index (κ2) is 10.1. The van der Waals surface area contributed by atoms with Crippen LogP contribution in [0.2, 0.25) is 0 Å². The van der Waals surface area contributed by atoms with E-state index in [4.69, 9.17) is 26.4 Å². The van der Waals surface area contributed by atoms with Gasteiger partial charge in [0.05, 0.1) is 11.3 Å². The number of esters is 1. The van der Waals surface area contributed by atoms with Crippen molar-refractivity contribution in [2.75, 3.05) is 40.6 Å². The highest BCUT2D eigenvalue weighted by Crippen LogP contribution is 2.36. The number of rotatable bonds is 7. The quantitative estimate of drug-likeness (QED) is 0.361. The number of ether oxygens (including phenoxy) is 3. The average Bonchev–Trinajstić information content (AvgIpc) is 3.18. The molecule has 1 aromatic carbocycles. The third-order valence-electron chi connectivity index (χ3n) is 3.91. The van der Waals surface area contributed by atoms with Gasteiger partial charge < -0.3 is 19.1 Å². The molecule has 0 radical (unpaired) electrons. The lowest BCUT2D eigenvalue weighted by atomic mass is 10.2. The van der Waals surface area contributed by atoms with Gasteiger partial charge in [0.1, 0.15) is 10.9 Å². The number of halogens is 1. The van der Waals surface area contributed by atoms with Crippen LogP contribution in [0.4, 0.5) is 0 Å². The normalized spacial score (nSPS) is 16.7. The maximum absolute atomic E-state index is 12.6. The van der Waals surface area contributed by atoms with Crippen LogP contribution in [0.5, 0.6) is 11.5 Å². The standard InChI is InChI=1S/C18H20N2O5S2.ClH/c1-19(2)7-8-23-16(21)5-6-20-17(22)15(27-18(20)26)10-12-3-4-13-14(9-12)25-11-24-13;/h3-4,9-10H,5-8,11H2,1-2H3;1H/b15-10-;. The van der Waals surface area contributed by atoms with Crippen molar-refractivity contribution in [3.8, 4) is 11.5 Å². The zero-order valence-corrected chi connectivity index (χ0v) is 18.0. The van der Waals surface area contributed by atoms with Crippen LogP contribution in [-0.2, 0) is 14.3 Å². The van der Waals surface area contributed by atoms with Crippen LogP contribution in [0.3, 0.4) is 0 Å². The average molecular weight is 445 g/mol. The van der Waals surface area contributed by atoms with E-state index < -0.39 is 0 Å². The molecule has 0 bridgehead atoms. The van der Waals surface area contributed by atoms with Gasteiger partial charge in [-0.15, -0.1) is 12.4 Å². The number of carbonyl (C=O) groups excluding carboxylic acids is 2. The maximum atomic E-state index is 12.6. The van der Waals surface area contributed by atoms with Gasteiger partial charge in [-0.2, -0.15) is 0 Å². The molecule has 0 aromatic heterocycles. The number of nitrogens with zero attached hydrogens (tertiary/aromatic N) is 2. The summed E-state index contributed by atoms with van der Waals surface area (Å²) in [5.41, 5.74) is 0.822. The summed E-state index contributed by atoms with van der Waals surface area (Å²) < 4.78 is 16.2. The molecule has 28 heavy (non-hydrogen) atoms. The highest BCUT2D eigenvalue weighted by molar-refractivity contribution is 8.26. The van der Waals surface area contributed by atoms with E-state index in [0.717, 1.165) is 5.56 Å². The molecule has 0 unspecified atom stereocenters. The number of fused-ring (bicyclic) bond motifs is 1. The van der Waals surface area contributed by atoms with Crippen molar-refractivity contribution >= 4 is 58.7 Å². The van der Waals surface area contributed by atoms with Gasteiger partial charge in [-0.3, -0.25) is 14.5 Å². The third kappa shape index (κ3) is 5.60. The summed E-state index contributed by atoms with van der Waals surface area (Å²) in [4.78, 5) is 28.3. The lowest BCUT2D eigenvalue weighted by Crippen LogP contribution is -2.31. The van der Waals surface area contributed by atoms with E-state index >= 15 is 0 Å². The van der Waals surface area contributed by atoms with E-state index in [1.165, 1.54) is 16.7 Å². The molecule has 2 aliphatic heterocycles. The third-order valence-corrected chi connectivity index (χ3v) is 5.29. The molecule has 1 aromatic rings. The predicted octanol–water partition coefficient (Wildman–Crippen LogP) is 2.53. The smallest absolute Gasteiger partial charge is 0.307 e. The van der Waals surface area contributed by atoms with E-state index in [1.807, 2.05) is 31.1 Å². The number of hydrogen-bond donors (Lipinski definition) is 0. The van der Waals surface area contributed by atoms with Crippen molar-refractivity contribution in [2.45, 2.75) is 6.42 Å². The Balaban J connectivity index is 0.00000280. The lowest BCUT2D eigenvalue weighted by Gasteiger charge is -2.14. The summed E-state index contributed by atoms with van der Waals surface area (Å²) in [6.07, 6.45) is 1.87. The summed E-state index contributed by atoms with van der Waals surface area (Å²) in [5, 5.41) is 0. The van der Waals surface area contributed by atoms with E-state index in [2.05, 4.69) is 0 Å². The van der Waals surface area contributed by atoms with Crippen LogP contribution in [-0.4, -0.2) is 66.6 Å². The number of thiocarbonyl (C=S) groups is 1. The van der Waals surface area contributed by atoms with E-state index in [1.54, 1.807) is 12.1 Å². The zero-order valence-electron chi connectivity index (χ0n) is 15.5. The molecule has 3 rings (SSSR count). The second-order valence-electron chi connectivity index (χ2n) is 6.22. The number of carbonyl (C=O) groups is 2. The summed E-state index contributed by atoms with van der Waals surface area (Å²) in [6.45, 7) is 1.40. The largest absolute Gasteiger partial charge is 0.464 e. The molecular formula is C18H21ClN2O5S2. The lowest BCUT2D eigenvalue weighted by molar-refractivity contribution is -0.144. The highest BCUT2D eigenvalue weighted by atomic mass is 35.5. The predicted molar refractivity (Wildman–Crippen MR) is 114 cm³/mol. The van der Waals surface area contributed by atoms with Gasteiger partial charge in [-0.05, 0) is 37.9 Å². The minimum atomic E-state index is -0.342. The van der Waals surface area contributed by atoms with Crippen molar-refractivity contribution in [1.82, 2.24) is 9.80 Å². The first-order valence-corrected chi connectivity index (χ1v) is 9.62. The second-order valence-corrected chi connectivity index (χ2v) is 7.90. The number of amides is 1. The van der Waals surface area contributed by atoms with Crippen LogP contribution in [0.1, 0.15) is 12.0 Å². The van der Waals surface area contributed by atoms with Gasteiger partial charge in [0.15, 0.2) is 11.5 Å². The molecule has 10 heteroatoms. The fraction of sp³-hybridized carbons (Fsp3) is 0.389. The summed E-state index contributed by atoms with van der Waals surface area (Å²) in [6, 6.07) is 5.47. The zero-order chi connectivity index (χ0) is 19.4. The van der Waals surface area contributed by atoms with Gasteiger partial charge >= 0.3 is 5.97 Å². The Morgan fingerprint density at radius 2 is 2.11 bits per heavy atom. The Kier molecular flexibility index (Phi) is 8.11. The number of benzene rings is 1. The molecule has 0 aliphatic carbocycles. The fourth-order valence-electron chi connectivity index (χ4n) is 2.46. The molecule has 1 fully saturated rings. The van der Waals surface area contributed by atoms with Crippen molar-refractivity contribution in [2.24, 2.45) is 0 Å². The molecular weight excluding hydrogens is 424 g/mol. The minimum absolute atomic E-state index is 0. The molecule has 2 aliphatic rings. The van der Waals surface area contributed by atoms with Gasteiger partial charge in [0, 0.05) is 13.1 Å². The number of likely N-dealkylation sites (N-methyl/N-ethyl adjacent to an activating group) is 1. The Labute approximate surface area is 179 Å². The van der Waals surface area contributed by atoms with Crippen molar-refractivity contribution in [1.29, 1.82) is 0 Å². The first-order chi connectivity index (χ1) is 12.9. The Morgan fingerprint density at radius 3 is 2.86 bits per heavy atom. The van der Waals surface area contributed by atoms with E-state index in [-0.39, 0.29) is 44.0 Å². The van der Waals surface area contributed by atoms with Crippen LogP contribution in [0.15, 0.2) is 23.1 Å². The molecule has 152 valence electrons. The number of thioether (sulfide) groups is 1. The Bertz CT molecular complexity index is 800. The summed E-state index contributed by atoms with van der Waals surface area (Å²) in [7, 11) is 3.81. The topological polar surface area (TPSA) is 68.3 Å². The van der Waals surface area contributed by atoms with Crippen LogP contribution in [0, 0.1) is 0 Å². The highest BCUT2D eigenvalue weighted by Gasteiger charge is 2.32. The molecule has 0 saturated carbocycles. The van der Waals surface area contributed by atoms with Gasteiger partial charge in [-0.25, -0.2) is 0 Å². The molecule has 1 saturated heterocycles. The minimum Gasteiger partial charge on any atom is -0.464 e. The van der Waals surface area contributed by atoms with Gasteiger partial charge in [-0.1, -0.05) is 30.0 Å². The maximum Gasteiger partial charge on any atom is 0.307 e. The molecule has 2 heterocycles. The summed E-state index contributed by atoms with van der Waals surface area (Å²) in [5.74, 6) is 0.793. The van der Waals surface area contributed by atoms with Crippen LogP contribution >= 0.6 is 36.4 Å². The molecule has 1 amide bonds. The fourth-order valence-corrected chi connectivity index (χ4v) is 3.77. The SMILES string of the molecule is CN(C)CCOC(=O)CCN1C(=O)/C(=C/c2ccc3c(c2)OCO3)SC1=S.Cl. The molecule has 0 N–H and O–H groups in total. The van der Waals surface area contributed by atoms with Crippen molar-refractivity contribution in [3.05, 3.63) is 28.7 Å². The molecule has 7 nitrogen and oxygen atoms in total. The van der Waals surface area contributed by atoms with Crippen LogP contribution < -0.4 is 9.47 Å². The van der Waals surface area contributed by atoms with Gasteiger partial charge in [0.2, 0.25) is 6.79 Å².